The first-order valence-corrected chi connectivity index (χ1v) is 3.86. The molecule has 13 heavy (non-hydrogen) atoms. The molecule has 0 bridgehead atoms. The molecule has 2 rings (SSSR count). The molecule has 0 saturated carbocycles. The molecule has 1 heterocycles. The van der Waals surface area contributed by atoms with Crippen LogP contribution < -0.4 is 5.73 Å². The van der Waals surface area contributed by atoms with Gasteiger partial charge in [0.1, 0.15) is 6.04 Å². The number of carbonyl (C=O) groups excluding carboxylic acids is 1. The van der Waals surface area contributed by atoms with Crippen molar-refractivity contribution in [3.63, 3.8) is 0 Å². The predicted octanol–water partition coefficient (Wildman–Crippen LogP) is 0.798. The summed E-state index contributed by atoms with van der Waals surface area (Å²) in [5, 5.41) is 9.20. The Hall–Kier alpha value is -1.68. The minimum atomic E-state index is -1.00. The number of aliphatic hydroxyl groups is 1. The topological polar surface area (TPSA) is 75.7 Å². The summed E-state index contributed by atoms with van der Waals surface area (Å²) in [6.07, 6.45) is 0. The van der Waals surface area contributed by atoms with Crippen molar-refractivity contribution in [3.8, 4) is 0 Å². The molecule has 0 aromatic heterocycles. The first-order valence-electron chi connectivity index (χ1n) is 3.86. The molecular formula is C9H8N2O2. The molecule has 0 radical (unpaired) electrons. The van der Waals surface area contributed by atoms with Crippen LogP contribution in [0.25, 0.3) is 0 Å². The van der Waals surface area contributed by atoms with E-state index in [0.29, 0.717) is 11.3 Å². The largest absolute Gasteiger partial charge is 0.495 e. The first-order chi connectivity index (χ1) is 6.20. The van der Waals surface area contributed by atoms with Gasteiger partial charge in [0.05, 0.1) is 5.69 Å². The van der Waals surface area contributed by atoms with Crippen molar-refractivity contribution in [2.24, 2.45) is 10.7 Å². The highest BCUT2D eigenvalue weighted by molar-refractivity contribution is 6.18. The summed E-state index contributed by atoms with van der Waals surface area (Å²) in [7, 11) is 0. The quantitative estimate of drug-likeness (QED) is 0.613. The Kier molecular flexibility index (Phi) is 1.63. The fourth-order valence-corrected chi connectivity index (χ4v) is 1.26. The summed E-state index contributed by atoms with van der Waals surface area (Å²) in [6.45, 7) is 0. The third-order valence-corrected chi connectivity index (χ3v) is 1.97. The monoisotopic (exact) mass is 176 g/mol. The number of hydrogen-bond donors (Lipinski definition) is 2. The van der Waals surface area contributed by atoms with E-state index in [1.807, 2.05) is 0 Å². The van der Waals surface area contributed by atoms with Gasteiger partial charge >= 0.3 is 0 Å². The lowest BCUT2D eigenvalue weighted by molar-refractivity contribution is 0.0977. The molecule has 0 aliphatic carbocycles. The normalized spacial score (nSPS) is 20.8. The van der Waals surface area contributed by atoms with Gasteiger partial charge in [0.15, 0.2) is 5.78 Å². The number of para-hydroxylation sites is 1. The molecule has 1 atom stereocenters. The number of Topliss-reactive ketones (excluding diaryl/α,β-unsaturated/α-hetero) is 1. The van der Waals surface area contributed by atoms with Crippen molar-refractivity contribution in [3.05, 3.63) is 29.8 Å². The van der Waals surface area contributed by atoms with Gasteiger partial charge in [-0.25, -0.2) is 4.99 Å². The van der Waals surface area contributed by atoms with E-state index >= 15 is 0 Å². The molecule has 1 aromatic rings. The smallest absolute Gasteiger partial charge is 0.211 e. The van der Waals surface area contributed by atoms with Crippen LogP contribution in [0.15, 0.2) is 29.3 Å². The number of nitrogens with two attached hydrogens (primary N) is 1. The molecule has 1 aliphatic rings. The highest BCUT2D eigenvalue weighted by Gasteiger charge is 2.27. The number of aliphatic imine (C=N–C) groups is 1. The lowest BCUT2D eigenvalue weighted by atomic mass is 10.0. The van der Waals surface area contributed by atoms with Crippen LogP contribution in [0.4, 0.5) is 5.69 Å². The van der Waals surface area contributed by atoms with E-state index in [1.54, 1.807) is 24.3 Å². The van der Waals surface area contributed by atoms with Gasteiger partial charge < -0.3 is 10.8 Å². The Labute approximate surface area is 74.7 Å². The second-order valence-electron chi connectivity index (χ2n) is 2.83. The summed E-state index contributed by atoms with van der Waals surface area (Å²) in [6, 6.07) is 5.79. The Morgan fingerprint density at radius 1 is 1.38 bits per heavy atom. The maximum atomic E-state index is 11.5. The zero-order valence-electron chi connectivity index (χ0n) is 6.77. The van der Waals surface area contributed by atoms with Gasteiger partial charge in [-0.2, -0.15) is 0 Å². The fourth-order valence-electron chi connectivity index (χ4n) is 1.26. The van der Waals surface area contributed by atoms with Gasteiger partial charge in [-0.15, -0.1) is 0 Å². The van der Waals surface area contributed by atoms with Gasteiger partial charge in [0, 0.05) is 5.56 Å². The summed E-state index contributed by atoms with van der Waals surface area (Å²) in [5.74, 6) is -0.605. The van der Waals surface area contributed by atoms with Crippen LogP contribution in [0.2, 0.25) is 0 Å². The molecule has 0 amide bonds. The van der Waals surface area contributed by atoms with E-state index in [4.69, 9.17) is 5.73 Å². The molecule has 0 fully saturated rings. The number of nitrogens with zero attached hydrogens (tertiary/aromatic N) is 1. The number of benzene rings is 1. The lowest BCUT2D eigenvalue weighted by Gasteiger charge is -2.15. The zero-order valence-corrected chi connectivity index (χ0v) is 6.77. The van der Waals surface area contributed by atoms with Gasteiger partial charge in [0.2, 0.25) is 5.90 Å². The second kappa shape index (κ2) is 2.67. The highest BCUT2D eigenvalue weighted by Crippen LogP contribution is 2.24. The minimum Gasteiger partial charge on any atom is -0.495 e. The molecule has 1 aliphatic heterocycles. The molecule has 4 nitrogen and oxygen atoms in total. The van der Waals surface area contributed by atoms with Crippen molar-refractivity contribution >= 4 is 17.4 Å². The van der Waals surface area contributed by atoms with E-state index in [9.17, 15) is 9.90 Å². The van der Waals surface area contributed by atoms with E-state index in [1.165, 1.54) is 0 Å². The van der Waals surface area contributed by atoms with Crippen LogP contribution in [-0.2, 0) is 0 Å². The number of ketones is 1. The Bertz CT molecular complexity index is 398. The van der Waals surface area contributed by atoms with Crippen LogP contribution in [0.1, 0.15) is 10.4 Å². The van der Waals surface area contributed by atoms with Crippen molar-refractivity contribution in [2.75, 3.05) is 0 Å². The summed E-state index contributed by atoms with van der Waals surface area (Å²) in [4.78, 5) is 15.3. The van der Waals surface area contributed by atoms with Crippen molar-refractivity contribution in [2.45, 2.75) is 6.04 Å². The van der Waals surface area contributed by atoms with Crippen LogP contribution in [0.3, 0.4) is 0 Å². The zero-order chi connectivity index (χ0) is 9.42. The number of rotatable bonds is 0. The standard InChI is InChI=1S/C9H8N2O2/c10-7-8(12)5-3-1-2-4-6(5)11-9(7)13/h1-4,7H,10H2,(H,11,13). The summed E-state index contributed by atoms with van der Waals surface area (Å²) >= 11 is 0. The molecule has 0 spiro atoms. The first kappa shape index (κ1) is 7.94. The highest BCUT2D eigenvalue weighted by atomic mass is 16.3. The number of fused-ring (bicyclic) bond motifs is 1. The predicted molar refractivity (Wildman–Crippen MR) is 48.5 cm³/mol. The number of hydrogen-bond acceptors (Lipinski definition) is 3. The Morgan fingerprint density at radius 3 is 2.85 bits per heavy atom. The summed E-state index contributed by atoms with van der Waals surface area (Å²) < 4.78 is 0. The lowest BCUT2D eigenvalue weighted by Crippen LogP contribution is -2.40. The molecule has 1 aromatic carbocycles. The van der Waals surface area contributed by atoms with E-state index in [2.05, 4.69) is 4.99 Å². The molecule has 66 valence electrons. The third kappa shape index (κ3) is 1.11. The second-order valence-corrected chi connectivity index (χ2v) is 2.83. The third-order valence-electron chi connectivity index (χ3n) is 1.97. The van der Waals surface area contributed by atoms with Crippen LogP contribution in [-0.4, -0.2) is 22.8 Å². The van der Waals surface area contributed by atoms with Crippen molar-refractivity contribution in [1.29, 1.82) is 0 Å². The fraction of sp³-hybridized carbons (Fsp3) is 0.111. The van der Waals surface area contributed by atoms with Gasteiger partial charge in [-0.1, -0.05) is 12.1 Å². The average Bonchev–Trinajstić information content (AvgIpc) is 2.15. The molecule has 1 unspecified atom stereocenters. The molecule has 0 saturated heterocycles. The van der Waals surface area contributed by atoms with Crippen molar-refractivity contribution in [1.82, 2.24) is 0 Å². The van der Waals surface area contributed by atoms with Gasteiger partial charge in [0.25, 0.3) is 0 Å². The van der Waals surface area contributed by atoms with E-state index < -0.39 is 6.04 Å². The maximum absolute atomic E-state index is 11.5. The van der Waals surface area contributed by atoms with Gasteiger partial charge in [-0.05, 0) is 12.1 Å². The SMILES string of the molecule is NC1C(=O)c2ccccc2N=C1O. The van der Waals surface area contributed by atoms with E-state index in [0.717, 1.165) is 0 Å². The molecule has 3 N–H and O–H groups in total. The number of carbonyl (C=O) groups is 1. The average molecular weight is 176 g/mol. The number of aliphatic hydroxyl groups excluding tert-OH is 1. The van der Waals surface area contributed by atoms with Crippen LogP contribution >= 0.6 is 0 Å². The molecule has 4 heteroatoms. The Balaban J connectivity index is 2.63. The van der Waals surface area contributed by atoms with Gasteiger partial charge in [-0.3, -0.25) is 4.79 Å². The van der Waals surface area contributed by atoms with E-state index in [-0.39, 0.29) is 11.7 Å². The summed E-state index contributed by atoms with van der Waals surface area (Å²) in [5.41, 5.74) is 6.35. The molecular weight excluding hydrogens is 168 g/mol. The van der Waals surface area contributed by atoms with Crippen LogP contribution in [0.5, 0.6) is 0 Å². The Morgan fingerprint density at radius 2 is 2.08 bits per heavy atom. The van der Waals surface area contributed by atoms with Crippen molar-refractivity contribution < 1.29 is 9.90 Å². The minimum absolute atomic E-state index is 0.289. The maximum Gasteiger partial charge on any atom is 0.211 e. The van der Waals surface area contributed by atoms with Crippen LogP contribution in [0, 0.1) is 0 Å².